The molecule has 0 spiro atoms. The van der Waals surface area contributed by atoms with Gasteiger partial charge >= 0.3 is 0 Å². The number of hydrogen-bond acceptors (Lipinski definition) is 3. The molecule has 0 unspecified atom stereocenters. The summed E-state index contributed by atoms with van der Waals surface area (Å²) in [5.74, 6) is 0.619. The fraction of sp³-hybridized carbons (Fsp3) is 0.667. The smallest absolute Gasteiger partial charge is 0.165 e. The summed E-state index contributed by atoms with van der Waals surface area (Å²) < 4.78 is 0.660. The van der Waals surface area contributed by atoms with Crippen LogP contribution in [0.2, 0.25) is 0 Å². The summed E-state index contributed by atoms with van der Waals surface area (Å²) in [6.45, 7) is 5.23. The largest absolute Gasteiger partial charge is 0.272 e. The van der Waals surface area contributed by atoms with Crippen LogP contribution < -0.4 is 5.01 Å². The molecule has 0 saturated heterocycles. The molecule has 10 heavy (non-hydrogen) atoms. The molecule has 4 heteroatoms. The minimum Gasteiger partial charge on any atom is -0.165 e. The van der Waals surface area contributed by atoms with Gasteiger partial charge in [-0.1, -0.05) is 13.8 Å². The first-order valence-corrected chi connectivity index (χ1v) is 4.02. The number of hydrogen-bond donors (Lipinski definition) is 0. The van der Waals surface area contributed by atoms with Gasteiger partial charge in [0.05, 0.1) is 0 Å². The van der Waals surface area contributed by atoms with Gasteiger partial charge in [-0.25, -0.2) is 0 Å². The van der Waals surface area contributed by atoms with Crippen LogP contribution in [0.15, 0.2) is 10.1 Å². The topological polar surface area (TPSA) is 30.6 Å². The Bertz CT molecular complexity index is 174. The molecule has 0 aromatic rings. The summed E-state index contributed by atoms with van der Waals surface area (Å²) in [7, 11) is 0. The molecule has 0 atom stereocenters. The average molecular weight is 204 g/mol. The lowest BCUT2D eigenvalue weighted by Gasteiger charge is -1.97. The van der Waals surface area contributed by atoms with Crippen molar-refractivity contribution in [1.82, 2.24) is 5.01 Å². The summed E-state index contributed by atoms with van der Waals surface area (Å²) in [4.78, 5) is 3.94. The summed E-state index contributed by atoms with van der Waals surface area (Å²) in [5, 5.41) is 5.90. The molecule has 0 fully saturated rings. The highest BCUT2D eigenvalue weighted by Gasteiger charge is 2.20. The van der Waals surface area contributed by atoms with Crippen molar-refractivity contribution in [3.05, 3.63) is 0 Å². The van der Waals surface area contributed by atoms with Crippen molar-refractivity contribution < 1.29 is 0 Å². The lowest BCUT2D eigenvalue weighted by molar-refractivity contribution is 0.505. The third-order valence-corrected chi connectivity index (χ3v) is 1.42. The normalized spacial score (nSPS) is 18.6. The molecule has 0 amide bonds. The highest BCUT2D eigenvalue weighted by atomic mass is 79.9. The molecule has 1 aliphatic rings. The van der Waals surface area contributed by atoms with Gasteiger partial charge in [0.2, 0.25) is 0 Å². The van der Waals surface area contributed by atoms with Gasteiger partial charge in [0.1, 0.15) is 0 Å². The minimum absolute atomic E-state index is 0.619. The van der Waals surface area contributed by atoms with Gasteiger partial charge in [-0.2, -0.15) is 4.99 Å². The zero-order valence-corrected chi connectivity index (χ0v) is 7.67. The Hall–Kier alpha value is -0.220. The van der Waals surface area contributed by atoms with Crippen molar-refractivity contribution >= 4 is 27.0 Å². The fourth-order valence-corrected chi connectivity index (χ4v) is 1.03. The van der Waals surface area contributed by atoms with Gasteiger partial charge in [-0.15, -0.1) is 0 Å². The van der Waals surface area contributed by atoms with E-state index in [0.29, 0.717) is 10.7 Å². The van der Waals surface area contributed by atoms with E-state index >= 15 is 0 Å². The Morgan fingerprint density at radius 3 is 2.80 bits per heavy atom. The maximum Gasteiger partial charge on any atom is 0.272 e. The van der Waals surface area contributed by atoms with Crippen LogP contribution in [0.1, 0.15) is 13.8 Å². The monoisotopic (exact) mass is 203 g/mol. The molecule has 0 aromatic heterocycles. The molecule has 1 rings (SSSR count). The third kappa shape index (κ3) is 2.19. The van der Waals surface area contributed by atoms with Gasteiger partial charge in [-0.05, 0) is 0 Å². The highest BCUT2D eigenvalue weighted by Crippen LogP contribution is 2.02. The van der Waals surface area contributed by atoms with Gasteiger partial charge in [0.15, 0.2) is 6.54 Å². The number of aliphatic imine (C=N–C) groups is 1. The van der Waals surface area contributed by atoms with Crippen LogP contribution in [-0.2, 0) is 0 Å². The van der Waals surface area contributed by atoms with Gasteiger partial charge in [0, 0.05) is 32.0 Å². The molecule has 0 bridgehead atoms. The van der Waals surface area contributed by atoms with Crippen LogP contribution in [0.5, 0.6) is 0 Å². The minimum atomic E-state index is 0.619. The summed E-state index contributed by atoms with van der Waals surface area (Å²) in [6, 6.07) is 0. The predicted molar refractivity (Wildman–Crippen MR) is 46.7 cm³/mol. The van der Waals surface area contributed by atoms with E-state index in [1.54, 1.807) is 6.34 Å². The molecule has 0 saturated carbocycles. The standard InChI is InChI=1S/C6H10BrN3/c1-5(2)3-10-4-8-6(7)9-10/h4-5H,3H2,1-2H3/q+1. The van der Waals surface area contributed by atoms with E-state index < -0.39 is 0 Å². The lowest BCUT2D eigenvalue weighted by atomic mass is 10.2. The Labute approximate surface area is 68.9 Å². The maximum absolute atomic E-state index is 4.07. The highest BCUT2D eigenvalue weighted by molar-refractivity contribution is 9.18. The van der Waals surface area contributed by atoms with Crippen LogP contribution in [0, 0.1) is 5.92 Å². The first-order valence-electron chi connectivity index (χ1n) is 3.23. The van der Waals surface area contributed by atoms with Crippen LogP contribution in [0.3, 0.4) is 0 Å². The van der Waals surface area contributed by atoms with E-state index in [9.17, 15) is 0 Å². The second kappa shape index (κ2) is 3.25. The first kappa shape index (κ1) is 7.88. The van der Waals surface area contributed by atoms with Crippen molar-refractivity contribution in [2.45, 2.75) is 13.8 Å². The lowest BCUT2D eigenvalue weighted by Crippen LogP contribution is -2.24. The molecule has 0 N–H and O–H groups in total. The van der Waals surface area contributed by atoms with Gasteiger partial charge < -0.3 is 0 Å². The van der Waals surface area contributed by atoms with E-state index in [1.165, 1.54) is 0 Å². The Morgan fingerprint density at radius 1 is 1.70 bits per heavy atom. The van der Waals surface area contributed by atoms with Crippen LogP contribution >= 0.6 is 15.9 Å². The average Bonchev–Trinajstić information content (AvgIpc) is 2.13. The fourth-order valence-electron chi connectivity index (χ4n) is 0.734. The molecule has 3 nitrogen and oxygen atoms in total. The third-order valence-electron chi connectivity index (χ3n) is 1.06. The molecule has 0 aromatic carbocycles. The van der Waals surface area contributed by atoms with E-state index in [4.69, 9.17) is 0 Å². The Balaban J connectivity index is 2.40. The van der Waals surface area contributed by atoms with E-state index in [0.717, 1.165) is 6.54 Å². The van der Waals surface area contributed by atoms with Crippen molar-refractivity contribution in [3.63, 3.8) is 0 Å². The number of rotatable bonds is 2. The zero-order chi connectivity index (χ0) is 7.56. The molecular weight excluding hydrogens is 194 g/mol. The van der Waals surface area contributed by atoms with Crippen LogP contribution in [-0.4, -0.2) is 17.6 Å². The Morgan fingerprint density at radius 2 is 2.40 bits per heavy atom. The zero-order valence-electron chi connectivity index (χ0n) is 6.08. The summed E-state index contributed by atoms with van der Waals surface area (Å²) >= 11 is 3.18. The molecule has 0 aliphatic carbocycles. The quantitative estimate of drug-likeness (QED) is 0.482. The number of nitrogens with zero attached hydrogens (tertiary/aromatic N) is 3. The first-order chi connectivity index (χ1) is 4.68. The Kier molecular flexibility index (Phi) is 2.56. The van der Waals surface area contributed by atoms with Gasteiger partial charge in [-0.3, -0.25) is 0 Å². The van der Waals surface area contributed by atoms with Crippen molar-refractivity contribution in [2.75, 3.05) is 6.54 Å². The van der Waals surface area contributed by atoms with Crippen LogP contribution in [0.4, 0.5) is 0 Å². The molecule has 55 valence electrons. The number of amidine groups is 1. The molecule has 1 aliphatic heterocycles. The summed E-state index contributed by atoms with van der Waals surface area (Å²) in [5.41, 5.74) is 0. The van der Waals surface area contributed by atoms with Crippen LogP contribution in [0.25, 0.3) is 0 Å². The SMILES string of the molecule is CC(C)C[N+]1C=NC(Br)=N1. The molecular formula is C6H10BrN3+. The maximum atomic E-state index is 4.07. The molecule has 1 radical (unpaired) electrons. The van der Waals surface area contributed by atoms with Crippen molar-refractivity contribution in [3.8, 4) is 0 Å². The second-order valence-corrected chi connectivity index (χ2v) is 3.34. The number of hydrazone groups is 1. The number of halogens is 1. The van der Waals surface area contributed by atoms with Crippen molar-refractivity contribution in [2.24, 2.45) is 16.0 Å². The molecule has 1 heterocycles. The van der Waals surface area contributed by atoms with E-state index in [1.807, 2.05) is 5.01 Å². The van der Waals surface area contributed by atoms with Crippen molar-refractivity contribution in [1.29, 1.82) is 0 Å². The predicted octanol–water partition coefficient (Wildman–Crippen LogP) is 1.49. The summed E-state index contributed by atoms with van der Waals surface area (Å²) in [6.07, 6.45) is 1.73. The van der Waals surface area contributed by atoms with Gasteiger partial charge in [0.25, 0.3) is 11.1 Å². The van der Waals surface area contributed by atoms with E-state index in [2.05, 4.69) is 39.9 Å². The second-order valence-electron chi connectivity index (χ2n) is 2.63. The van der Waals surface area contributed by atoms with E-state index in [-0.39, 0.29) is 0 Å².